The second-order valence-corrected chi connectivity index (χ2v) is 5.84. The van der Waals surface area contributed by atoms with Crippen LogP contribution in [0.2, 0.25) is 0 Å². The molecule has 4 nitrogen and oxygen atoms in total. The molecule has 0 amide bonds. The Hall–Kier alpha value is -1.17. The van der Waals surface area contributed by atoms with Gasteiger partial charge in [-0.1, -0.05) is 19.1 Å². The smallest absolute Gasteiger partial charge is 0.146 e. The van der Waals surface area contributed by atoms with Crippen molar-refractivity contribution in [3.8, 4) is 0 Å². The minimum absolute atomic E-state index is 0.0307. The van der Waals surface area contributed by atoms with Crippen molar-refractivity contribution in [1.29, 1.82) is 0 Å². The first-order valence-electron chi connectivity index (χ1n) is 7.01. The Morgan fingerprint density at radius 2 is 1.70 bits per heavy atom. The topological polar surface area (TPSA) is 46.9 Å². The number of aliphatic hydroxyl groups is 2. The summed E-state index contributed by atoms with van der Waals surface area (Å²) in [4.78, 5) is 4.25. The molecule has 0 bridgehead atoms. The molecule has 5 heteroatoms. The summed E-state index contributed by atoms with van der Waals surface area (Å²) in [6.45, 7) is 5.60. The Morgan fingerprint density at radius 3 is 2.25 bits per heavy atom. The number of rotatable bonds is 5. The van der Waals surface area contributed by atoms with E-state index >= 15 is 0 Å². The highest BCUT2D eigenvalue weighted by Gasteiger charge is 2.28. The van der Waals surface area contributed by atoms with E-state index in [0.717, 1.165) is 26.2 Å². The highest BCUT2D eigenvalue weighted by atomic mass is 19.1. The molecule has 1 fully saturated rings. The highest BCUT2D eigenvalue weighted by Crippen LogP contribution is 2.22. The lowest BCUT2D eigenvalue weighted by Gasteiger charge is -2.39. The number of nitrogens with zero attached hydrogens (tertiary/aromatic N) is 2. The molecule has 20 heavy (non-hydrogen) atoms. The predicted octanol–water partition coefficient (Wildman–Crippen LogP) is 0.939. The lowest BCUT2D eigenvalue weighted by molar-refractivity contribution is 0.0336. The Balaban J connectivity index is 1.91. The second-order valence-electron chi connectivity index (χ2n) is 5.84. The number of halogens is 1. The minimum atomic E-state index is -0.472. The van der Waals surface area contributed by atoms with Crippen LogP contribution in [0.5, 0.6) is 0 Å². The molecular weight excluding hydrogens is 259 g/mol. The molecule has 0 aliphatic carbocycles. The zero-order valence-electron chi connectivity index (χ0n) is 11.9. The Morgan fingerprint density at radius 1 is 1.10 bits per heavy atom. The van der Waals surface area contributed by atoms with Crippen LogP contribution in [-0.2, 0) is 0 Å². The van der Waals surface area contributed by atoms with Crippen LogP contribution in [-0.4, -0.2) is 61.1 Å². The molecule has 1 aliphatic rings. The quantitative estimate of drug-likeness (QED) is 0.844. The maximum absolute atomic E-state index is 13.7. The molecule has 1 heterocycles. The van der Waals surface area contributed by atoms with Gasteiger partial charge in [-0.3, -0.25) is 4.90 Å². The second kappa shape index (κ2) is 6.52. The zero-order valence-corrected chi connectivity index (χ0v) is 11.9. The number of para-hydroxylation sites is 1. The molecule has 0 aromatic heterocycles. The van der Waals surface area contributed by atoms with Crippen LogP contribution in [0.3, 0.4) is 0 Å². The Bertz CT molecular complexity index is 430. The Kier molecular flexibility index (Phi) is 4.96. The van der Waals surface area contributed by atoms with Crippen LogP contribution in [0.25, 0.3) is 0 Å². The van der Waals surface area contributed by atoms with E-state index < -0.39 is 5.41 Å². The molecule has 0 spiro atoms. The van der Waals surface area contributed by atoms with E-state index in [-0.39, 0.29) is 19.0 Å². The van der Waals surface area contributed by atoms with E-state index in [4.69, 9.17) is 0 Å². The van der Waals surface area contributed by atoms with Crippen molar-refractivity contribution < 1.29 is 14.6 Å². The summed E-state index contributed by atoms with van der Waals surface area (Å²) < 4.78 is 13.7. The standard InChI is InChI=1S/C15H23FN2O2/c1-15(11-19,12-20)10-17-6-8-18(9-7-17)14-5-3-2-4-13(14)16/h2-5,19-20H,6-12H2,1H3. The first-order valence-corrected chi connectivity index (χ1v) is 7.01. The fourth-order valence-corrected chi connectivity index (χ4v) is 2.54. The molecule has 1 aromatic carbocycles. The Labute approximate surface area is 119 Å². The van der Waals surface area contributed by atoms with Crippen molar-refractivity contribution in [3.05, 3.63) is 30.1 Å². The molecule has 1 aromatic rings. The summed E-state index contributed by atoms with van der Waals surface area (Å²) in [6.07, 6.45) is 0. The van der Waals surface area contributed by atoms with Gasteiger partial charge in [-0.25, -0.2) is 4.39 Å². The van der Waals surface area contributed by atoms with E-state index in [9.17, 15) is 14.6 Å². The van der Waals surface area contributed by atoms with E-state index in [2.05, 4.69) is 4.90 Å². The summed E-state index contributed by atoms with van der Waals surface area (Å²) in [5.74, 6) is -0.184. The maximum atomic E-state index is 13.7. The zero-order chi connectivity index (χ0) is 14.6. The largest absolute Gasteiger partial charge is 0.396 e. The van der Waals surface area contributed by atoms with Crippen molar-refractivity contribution in [2.45, 2.75) is 6.92 Å². The van der Waals surface area contributed by atoms with Gasteiger partial charge in [-0.05, 0) is 12.1 Å². The van der Waals surface area contributed by atoms with Crippen LogP contribution >= 0.6 is 0 Å². The van der Waals surface area contributed by atoms with Crippen LogP contribution < -0.4 is 4.90 Å². The van der Waals surface area contributed by atoms with Gasteiger partial charge in [-0.15, -0.1) is 0 Å². The third kappa shape index (κ3) is 3.48. The lowest BCUT2D eigenvalue weighted by atomic mass is 9.92. The molecule has 1 saturated heterocycles. The average Bonchev–Trinajstić information content (AvgIpc) is 2.49. The molecule has 2 rings (SSSR count). The SMILES string of the molecule is CC(CO)(CO)CN1CCN(c2ccccc2F)CC1. The van der Waals surface area contributed by atoms with Crippen LogP contribution in [0.15, 0.2) is 24.3 Å². The molecule has 0 saturated carbocycles. The summed E-state index contributed by atoms with van der Waals surface area (Å²) in [5, 5.41) is 18.7. The number of anilines is 1. The van der Waals surface area contributed by atoms with Gasteiger partial charge in [0.05, 0.1) is 18.9 Å². The lowest BCUT2D eigenvalue weighted by Crippen LogP contribution is -2.51. The molecule has 1 aliphatic heterocycles. The van der Waals surface area contributed by atoms with Gasteiger partial charge in [0, 0.05) is 38.1 Å². The van der Waals surface area contributed by atoms with Gasteiger partial charge >= 0.3 is 0 Å². The monoisotopic (exact) mass is 282 g/mol. The highest BCUT2D eigenvalue weighted by molar-refractivity contribution is 5.47. The van der Waals surface area contributed by atoms with Gasteiger partial charge in [0.25, 0.3) is 0 Å². The van der Waals surface area contributed by atoms with E-state index in [1.165, 1.54) is 6.07 Å². The molecule has 112 valence electrons. The van der Waals surface area contributed by atoms with Crippen molar-refractivity contribution >= 4 is 5.69 Å². The molecule has 0 unspecified atom stereocenters. The molecular formula is C15H23FN2O2. The van der Waals surface area contributed by atoms with E-state index in [0.29, 0.717) is 12.2 Å². The maximum Gasteiger partial charge on any atom is 0.146 e. The minimum Gasteiger partial charge on any atom is -0.396 e. The van der Waals surface area contributed by atoms with Crippen molar-refractivity contribution in [2.24, 2.45) is 5.41 Å². The van der Waals surface area contributed by atoms with Crippen molar-refractivity contribution in [2.75, 3.05) is 50.8 Å². The van der Waals surface area contributed by atoms with E-state index in [1.807, 2.05) is 17.9 Å². The van der Waals surface area contributed by atoms with Gasteiger partial charge in [-0.2, -0.15) is 0 Å². The van der Waals surface area contributed by atoms with Crippen LogP contribution in [0.1, 0.15) is 6.92 Å². The van der Waals surface area contributed by atoms with Gasteiger partial charge in [0.2, 0.25) is 0 Å². The summed E-state index contributed by atoms with van der Waals surface area (Å²) in [6, 6.07) is 6.83. The van der Waals surface area contributed by atoms with Gasteiger partial charge in [0.15, 0.2) is 0 Å². The number of hydrogen-bond acceptors (Lipinski definition) is 4. The normalized spacial score (nSPS) is 17.5. The molecule has 2 N–H and O–H groups in total. The van der Waals surface area contributed by atoms with Gasteiger partial charge < -0.3 is 15.1 Å². The fraction of sp³-hybridized carbons (Fsp3) is 0.600. The first kappa shape index (κ1) is 15.2. The third-order valence-electron chi connectivity index (χ3n) is 3.93. The number of piperazine rings is 1. The summed E-state index contributed by atoms with van der Waals surface area (Å²) in [5.41, 5.74) is 0.180. The summed E-state index contributed by atoms with van der Waals surface area (Å²) in [7, 11) is 0. The first-order chi connectivity index (χ1) is 9.58. The van der Waals surface area contributed by atoms with Crippen molar-refractivity contribution in [1.82, 2.24) is 4.90 Å². The fourth-order valence-electron chi connectivity index (χ4n) is 2.54. The molecule has 0 radical (unpaired) electrons. The van der Waals surface area contributed by atoms with Crippen LogP contribution in [0.4, 0.5) is 10.1 Å². The number of hydrogen-bond donors (Lipinski definition) is 2. The van der Waals surface area contributed by atoms with Crippen molar-refractivity contribution in [3.63, 3.8) is 0 Å². The van der Waals surface area contributed by atoms with E-state index in [1.54, 1.807) is 12.1 Å². The van der Waals surface area contributed by atoms with Gasteiger partial charge in [0.1, 0.15) is 5.82 Å². The average molecular weight is 282 g/mol. The third-order valence-corrected chi connectivity index (χ3v) is 3.93. The number of benzene rings is 1. The molecule has 0 atom stereocenters. The van der Waals surface area contributed by atoms with Crippen LogP contribution in [0, 0.1) is 11.2 Å². The summed E-state index contributed by atoms with van der Waals surface area (Å²) >= 11 is 0. The number of aliphatic hydroxyl groups excluding tert-OH is 2. The predicted molar refractivity (Wildman–Crippen MR) is 77.3 cm³/mol.